The van der Waals surface area contributed by atoms with Crippen LogP contribution in [0.15, 0.2) is 10.6 Å². The molecule has 0 aliphatic heterocycles. The van der Waals surface area contributed by atoms with E-state index in [1.54, 1.807) is 6.20 Å². The quantitative estimate of drug-likeness (QED) is 0.819. The molecule has 1 rings (SSSR count). The molecule has 0 unspecified atom stereocenters. The topological polar surface area (TPSA) is 49.5 Å². The summed E-state index contributed by atoms with van der Waals surface area (Å²) < 4.78 is 5.63. The van der Waals surface area contributed by atoms with Crippen LogP contribution in [0, 0.1) is 0 Å². The van der Waals surface area contributed by atoms with Gasteiger partial charge in [0.05, 0.1) is 19.3 Å². The van der Waals surface area contributed by atoms with Crippen molar-refractivity contribution in [1.82, 2.24) is 9.88 Å². The molecule has 0 aliphatic carbocycles. The van der Waals surface area contributed by atoms with Gasteiger partial charge in [-0.2, -0.15) is 0 Å². The first-order valence-corrected chi connectivity index (χ1v) is 5.18. The maximum atomic E-state index is 8.76. The zero-order valence-corrected chi connectivity index (χ0v) is 9.95. The standard InChI is InChI=1S/C11H20N2O2/c1-11(2,3)9-7-12-10(15-9)8-13(4)5-6-14/h7,14H,5-6,8H2,1-4H3. The highest BCUT2D eigenvalue weighted by atomic mass is 16.4. The second kappa shape index (κ2) is 4.77. The van der Waals surface area contributed by atoms with Crippen molar-refractivity contribution in [2.75, 3.05) is 20.2 Å². The number of aromatic nitrogens is 1. The van der Waals surface area contributed by atoms with Crippen LogP contribution in [0.3, 0.4) is 0 Å². The van der Waals surface area contributed by atoms with E-state index in [-0.39, 0.29) is 12.0 Å². The second-order valence-electron chi connectivity index (χ2n) is 4.83. The number of oxazole rings is 1. The first-order chi connectivity index (χ1) is 6.93. The lowest BCUT2D eigenvalue weighted by molar-refractivity contribution is 0.203. The molecule has 86 valence electrons. The van der Waals surface area contributed by atoms with E-state index < -0.39 is 0 Å². The van der Waals surface area contributed by atoms with Gasteiger partial charge in [-0.1, -0.05) is 20.8 Å². The lowest BCUT2D eigenvalue weighted by atomic mass is 9.94. The summed E-state index contributed by atoms with van der Waals surface area (Å²) in [6.07, 6.45) is 1.78. The largest absolute Gasteiger partial charge is 0.444 e. The van der Waals surface area contributed by atoms with Gasteiger partial charge in [0.15, 0.2) is 0 Å². The lowest BCUT2D eigenvalue weighted by Crippen LogP contribution is -2.21. The summed E-state index contributed by atoms with van der Waals surface area (Å²) in [7, 11) is 1.93. The number of aliphatic hydroxyl groups is 1. The minimum atomic E-state index is 0.000794. The van der Waals surface area contributed by atoms with E-state index >= 15 is 0 Å². The summed E-state index contributed by atoms with van der Waals surface area (Å²) in [5, 5.41) is 8.76. The zero-order chi connectivity index (χ0) is 11.5. The van der Waals surface area contributed by atoms with Crippen molar-refractivity contribution < 1.29 is 9.52 Å². The number of rotatable bonds is 4. The van der Waals surface area contributed by atoms with Gasteiger partial charge in [-0.05, 0) is 7.05 Å². The van der Waals surface area contributed by atoms with Crippen LogP contribution in [0.4, 0.5) is 0 Å². The number of hydrogen-bond acceptors (Lipinski definition) is 4. The van der Waals surface area contributed by atoms with Gasteiger partial charge in [-0.15, -0.1) is 0 Å². The third-order valence-corrected chi connectivity index (χ3v) is 2.18. The zero-order valence-electron chi connectivity index (χ0n) is 9.95. The monoisotopic (exact) mass is 212 g/mol. The van der Waals surface area contributed by atoms with Gasteiger partial charge in [-0.3, -0.25) is 4.90 Å². The van der Waals surface area contributed by atoms with Crippen molar-refractivity contribution in [2.24, 2.45) is 0 Å². The Morgan fingerprint density at radius 3 is 2.60 bits per heavy atom. The maximum Gasteiger partial charge on any atom is 0.208 e. The molecule has 1 N–H and O–H groups in total. The Hall–Kier alpha value is -0.870. The Labute approximate surface area is 90.9 Å². The molecule has 0 saturated carbocycles. The Kier molecular flexibility index (Phi) is 3.88. The van der Waals surface area contributed by atoms with Crippen molar-refractivity contribution in [1.29, 1.82) is 0 Å². The summed E-state index contributed by atoms with van der Waals surface area (Å²) in [5.41, 5.74) is 0.000794. The molecule has 0 fully saturated rings. The Bertz CT molecular complexity index is 302. The maximum absolute atomic E-state index is 8.76. The van der Waals surface area contributed by atoms with Gasteiger partial charge >= 0.3 is 0 Å². The first-order valence-electron chi connectivity index (χ1n) is 5.18. The highest BCUT2D eigenvalue weighted by molar-refractivity contribution is 5.05. The van der Waals surface area contributed by atoms with E-state index in [4.69, 9.17) is 9.52 Å². The fraction of sp³-hybridized carbons (Fsp3) is 0.727. The van der Waals surface area contributed by atoms with Crippen LogP contribution in [0.25, 0.3) is 0 Å². The Morgan fingerprint density at radius 1 is 1.47 bits per heavy atom. The van der Waals surface area contributed by atoms with E-state index in [9.17, 15) is 0 Å². The van der Waals surface area contributed by atoms with Gasteiger partial charge in [0.2, 0.25) is 5.89 Å². The molecule has 4 heteroatoms. The SMILES string of the molecule is CN(CCO)Cc1ncc(C(C)(C)C)o1. The summed E-state index contributed by atoms with van der Waals surface area (Å²) >= 11 is 0. The van der Waals surface area contributed by atoms with Gasteiger partial charge in [-0.25, -0.2) is 4.98 Å². The van der Waals surface area contributed by atoms with Crippen LogP contribution in [0.2, 0.25) is 0 Å². The summed E-state index contributed by atoms with van der Waals surface area (Å²) in [4.78, 5) is 6.19. The highest BCUT2D eigenvalue weighted by Gasteiger charge is 2.19. The number of likely N-dealkylation sites (N-methyl/N-ethyl adjacent to an activating group) is 1. The number of hydrogen-bond donors (Lipinski definition) is 1. The first kappa shape index (κ1) is 12.2. The molecule has 0 bridgehead atoms. The van der Waals surface area contributed by atoms with E-state index in [1.165, 1.54) is 0 Å². The predicted octanol–water partition coefficient (Wildman–Crippen LogP) is 1.40. The second-order valence-corrected chi connectivity index (χ2v) is 4.83. The van der Waals surface area contributed by atoms with Crippen LogP contribution < -0.4 is 0 Å². The lowest BCUT2D eigenvalue weighted by Gasteiger charge is -2.14. The van der Waals surface area contributed by atoms with Gasteiger partial charge in [0.25, 0.3) is 0 Å². The van der Waals surface area contributed by atoms with Gasteiger partial charge in [0.1, 0.15) is 5.76 Å². The smallest absolute Gasteiger partial charge is 0.208 e. The minimum Gasteiger partial charge on any atom is -0.444 e. The van der Waals surface area contributed by atoms with E-state index in [1.807, 2.05) is 11.9 Å². The van der Waals surface area contributed by atoms with Crippen molar-refractivity contribution in [3.8, 4) is 0 Å². The average molecular weight is 212 g/mol. The van der Waals surface area contributed by atoms with E-state index in [0.29, 0.717) is 19.0 Å². The molecule has 4 nitrogen and oxygen atoms in total. The minimum absolute atomic E-state index is 0.000794. The molecule has 0 spiro atoms. The molecular weight excluding hydrogens is 192 g/mol. The summed E-state index contributed by atoms with van der Waals surface area (Å²) in [6.45, 7) is 7.70. The van der Waals surface area contributed by atoms with Crippen molar-refractivity contribution in [2.45, 2.75) is 32.7 Å². The Morgan fingerprint density at radius 2 is 2.13 bits per heavy atom. The van der Waals surface area contributed by atoms with Crippen LogP contribution >= 0.6 is 0 Å². The normalized spacial score (nSPS) is 12.4. The van der Waals surface area contributed by atoms with Crippen LogP contribution in [0.5, 0.6) is 0 Å². The number of aliphatic hydroxyl groups excluding tert-OH is 1. The molecule has 0 atom stereocenters. The van der Waals surface area contributed by atoms with E-state index in [2.05, 4.69) is 25.8 Å². The molecule has 1 aromatic rings. The van der Waals surface area contributed by atoms with Crippen LogP contribution in [-0.2, 0) is 12.0 Å². The van der Waals surface area contributed by atoms with Gasteiger partial charge < -0.3 is 9.52 Å². The third-order valence-electron chi connectivity index (χ3n) is 2.18. The molecule has 0 saturated heterocycles. The highest BCUT2D eigenvalue weighted by Crippen LogP contribution is 2.22. The van der Waals surface area contributed by atoms with Crippen LogP contribution in [-0.4, -0.2) is 35.2 Å². The van der Waals surface area contributed by atoms with Crippen molar-refractivity contribution in [3.05, 3.63) is 17.8 Å². The molecule has 1 aromatic heterocycles. The molecular formula is C11H20N2O2. The van der Waals surface area contributed by atoms with Gasteiger partial charge in [0, 0.05) is 12.0 Å². The number of nitrogens with zero attached hydrogens (tertiary/aromatic N) is 2. The van der Waals surface area contributed by atoms with E-state index in [0.717, 1.165) is 5.76 Å². The Balaban J connectivity index is 2.61. The summed E-state index contributed by atoms with van der Waals surface area (Å²) in [5.74, 6) is 1.60. The fourth-order valence-electron chi connectivity index (χ4n) is 1.21. The fourth-order valence-corrected chi connectivity index (χ4v) is 1.21. The third kappa shape index (κ3) is 3.64. The molecule has 0 amide bonds. The molecule has 1 heterocycles. The molecule has 15 heavy (non-hydrogen) atoms. The van der Waals surface area contributed by atoms with Crippen molar-refractivity contribution >= 4 is 0 Å². The predicted molar refractivity (Wildman–Crippen MR) is 58.6 cm³/mol. The molecule has 0 aliphatic rings. The molecule has 0 aromatic carbocycles. The molecule has 0 radical (unpaired) electrons. The average Bonchev–Trinajstić information content (AvgIpc) is 2.52. The van der Waals surface area contributed by atoms with Crippen molar-refractivity contribution in [3.63, 3.8) is 0 Å². The van der Waals surface area contributed by atoms with Crippen LogP contribution in [0.1, 0.15) is 32.4 Å². The summed E-state index contributed by atoms with van der Waals surface area (Å²) in [6, 6.07) is 0.